The summed E-state index contributed by atoms with van der Waals surface area (Å²) in [6.45, 7) is 9.08. The van der Waals surface area contributed by atoms with Gasteiger partial charge in [-0.05, 0) is 61.2 Å². The van der Waals surface area contributed by atoms with Gasteiger partial charge in [-0.1, -0.05) is 39.5 Å². The third kappa shape index (κ3) is 1.70. The molecule has 0 amide bonds. The van der Waals surface area contributed by atoms with Gasteiger partial charge in [0.1, 0.15) is 11.2 Å². The van der Waals surface area contributed by atoms with Crippen LogP contribution in [0, 0.1) is 46.3 Å². The van der Waals surface area contributed by atoms with E-state index in [4.69, 9.17) is 0 Å². The summed E-state index contributed by atoms with van der Waals surface area (Å²) < 4.78 is 0. The zero-order valence-electron chi connectivity index (χ0n) is 14.4. The molecular weight excluding hydrogens is 272 g/mol. The van der Waals surface area contributed by atoms with Crippen molar-refractivity contribution in [3.05, 3.63) is 0 Å². The van der Waals surface area contributed by atoms with E-state index >= 15 is 0 Å². The molecule has 2 N–H and O–H groups in total. The van der Waals surface area contributed by atoms with E-state index in [1.807, 2.05) is 0 Å². The Hall–Kier alpha value is -0.520. The second kappa shape index (κ2) is 4.11. The first-order valence-electron chi connectivity index (χ1n) is 9.09. The van der Waals surface area contributed by atoms with Crippen molar-refractivity contribution in [2.75, 3.05) is 0 Å². The van der Waals surface area contributed by atoms with Crippen LogP contribution in [0.2, 0.25) is 0 Å². The summed E-state index contributed by atoms with van der Waals surface area (Å²) in [6, 6.07) is 0. The van der Waals surface area contributed by atoms with E-state index in [1.54, 1.807) is 0 Å². The zero-order valence-corrected chi connectivity index (χ0v) is 14.4. The molecule has 122 valence electrons. The molecular formula is C20H30O2. The Labute approximate surface area is 134 Å². The molecule has 6 rings (SSSR count). The summed E-state index contributed by atoms with van der Waals surface area (Å²) in [6.07, 6.45) is 5.92. The maximum absolute atomic E-state index is 11.1. The fourth-order valence-corrected chi connectivity index (χ4v) is 6.29. The highest BCUT2D eigenvalue weighted by atomic mass is 16.3. The first-order valence-corrected chi connectivity index (χ1v) is 9.09. The highest BCUT2D eigenvalue weighted by Gasteiger charge is 2.62. The second-order valence-electron chi connectivity index (χ2n) is 9.79. The van der Waals surface area contributed by atoms with E-state index in [0.29, 0.717) is 0 Å². The lowest BCUT2D eigenvalue weighted by atomic mass is 9.43. The average Bonchev–Trinajstić information content (AvgIpc) is 2.45. The van der Waals surface area contributed by atoms with Crippen molar-refractivity contribution >= 4 is 0 Å². The largest absolute Gasteiger partial charge is 0.377 e. The van der Waals surface area contributed by atoms with Crippen LogP contribution in [-0.4, -0.2) is 21.4 Å². The molecule has 6 aliphatic carbocycles. The first kappa shape index (κ1) is 15.0. The summed E-state index contributed by atoms with van der Waals surface area (Å²) >= 11 is 0. The van der Waals surface area contributed by atoms with Gasteiger partial charge in [0.2, 0.25) is 0 Å². The predicted molar refractivity (Wildman–Crippen MR) is 86.9 cm³/mol. The van der Waals surface area contributed by atoms with Gasteiger partial charge in [-0.3, -0.25) is 0 Å². The van der Waals surface area contributed by atoms with Crippen LogP contribution in [0.5, 0.6) is 0 Å². The van der Waals surface area contributed by atoms with Gasteiger partial charge < -0.3 is 10.2 Å². The molecule has 0 spiro atoms. The summed E-state index contributed by atoms with van der Waals surface area (Å²) in [7, 11) is 0. The van der Waals surface area contributed by atoms with Crippen LogP contribution >= 0.6 is 0 Å². The zero-order chi connectivity index (χ0) is 16.0. The van der Waals surface area contributed by atoms with Gasteiger partial charge in [-0.25, -0.2) is 0 Å². The van der Waals surface area contributed by atoms with E-state index in [0.717, 1.165) is 50.4 Å². The minimum atomic E-state index is -0.876. The lowest BCUT2D eigenvalue weighted by Gasteiger charge is -2.63. The van der Waals surface area contributed by atoms with Gasteiger partial charge >= 0.3 is 0 Å². The Bertz CT molecular complexity index is 514. The van der Waals surface area contributed by atoms with Gasteiger partial charge in [-0.2, -0.15) is 0 Å². The summed E-state index contributed by atoms with van der Waals surface area (Å²) in [5.41, 5.74) is -1.34. The molecule has 2 heteroatoms. The second-order valence-corrected chi connectivity index (χ2v) is 9.79. The Balaban J connectivity index is 1.60. The van der Waals surface area contributed by atoms with Crippen LogP contribution < -0.4 is 0 Å². The number of hydrogen-bond acceptors (Lipinski definition) is 2. The van der Waals surface area contributed by atoms with Crippen LogP contribution in [0.4, 0.5) is 0 Å². The molecule has 0 saturated heterocycles. The molecule has 0 aromatic rings. The maximum atomic E-state index is 11.1. The molecule has 4 unspecified atom stereocenters. The van der Waals surface area contributed by atoms with E-state index < -0.39 is 11.2 Å². The highest BCUT2D eigenvalue weighted by Crippen LogP contribution is 2.64. The van der Waals surface area contributed by atoms with Crippen molar-refractivity contribution in [3.8, 4) is 11.8 Å². The SMILES string of the molecule is CC1(C)C2CC[C@](O)(C#C[C@@]3(O)CCC4CC3C4(C)C)C1C2. The molecule has 0 aromatic heterocycles. The van der Waals surface area contributed by atoms with Crippen molar-refractivity contribution in [3.63, 3.8) is 0 Å². The van der Waals surface area contributed by atoms with Gasteiger partial charge in [0, 0.05) is 11.8 Å². The van der Waals surface area contributed by atoms with Crippen molar-refractivity contribution in [2.24, 2.45) is 34.5 Å². The molecule has 4 bridgehead atoms. The molecule has 0 aliphatic heterocycles. The minimum Gasteiger partial charge on any atom is -0.377 e. The summed E-state index contributed by atoms with van der Waals surface area (Å²) in [5, 5.41) is 22.2. The maximum Gasteiger partial charge on any atom is 0.128 e. The monoisotopic (exact) mass is 302 g/mol. The molecule has 6 atom stereocenters. The number of aliphatic hydroxyl groups is 2. The smallest absolute Gasteiger partial charge is 0.128 e. The summed E-state index contributed by atoms with van der Waals surface area (Å²) in [5.74, 6) is 8.46. The molecule has 6 aliphatic rings. The molecule has 2 nitrogen and oxygen atoms in total. The topological polar surface area (TPSA) is 40.5 Å². The first-order chi connectivity index (χ1) is 10.1. The Morgan fingerprint density at radius 1 is 0.727 bits per heavy atom. The van der Waals surface area contributed by atoms with Gasteiger partial charge in [0.05, 0.1) is 0 Å². The standard InChI is InChI=1S/C20H30O2/c1-17(2)13-5-7-19(21,15(17)11-13)9-10-20(22)8-6-14-12-16(20)18(14,3)4/h13-16,21-22H,5-8,11-12H2,1-4H3/t13?,14?,15?,16?,19-,20-/m0/s1. The van der Waals surface area contributed by atoms with Crippen LogP contribution in [0.25, 0.3) is 0 Å². The Morgan fingerprint density at radius 3 is 1.36 bits per heavy atom. The molecule has 0 heterocycles. The lowest BCUT2D eigenvalue weighted by Crippen LogP contribution is -2.62. The van der Waals surface area contributed by atoms with Crippen LogP contribution in [0.3, 0.4) is 0 Å². The molecule has 22 heavy (non-hydrogen) atoms. The van der Waals surface area contributed by atoms with Crippen LogP contribution in [-0.2, 0) is 0 Å². The number of rotatable bonds is 0. The quantitative estimate of drug-likeness (QED) is 0.674. The van der Waals surface area contributed by atoms with Gasteiger partial charge in [0.15, 0.2) is 0 Å². The molecule has 0 radical (unpaired) electrons. The van der Waals surface area contributed by atoms with Gasteiger partial charge in [-0.15, -0.1) is 0 Å². The average molecular weight is 302 g/mol. The van der Waals surface area contributed by atoms with E-state index in [9.17, 15) is 10.2 Å². The molecule has 6 saturated carbocycles. The van der Waals surface area contributed by atoms with E-state index in [2.05, 4.69) is 39.5 Å². The lowest BCUT2D eigenvalue weighted by molar-refractivity contribution is -0.179. The fraction of sp³-hybridized carbons (Fsp3) is 0.900. The van der Waals surface area contributed by atoms with Crippen molar-refractivity contribution in [2.45, 2.75) is 77.4 Å². The Morgan fingerprint density at radius 2 is 1.09 bits per heavy atom. The molecule has 6 fully saturated rings. The fourth-order valence-electron chi connectivity index (χ4n) is 6.29. The van der Waals surface area contributed by atoms with Crippen LogP contribution in [0.15, 0.2) is 0 Å². The Kier molecular flexibility index (Phi) is 2.81. The van der Waals surface area contributed by atoms with Crippen molar-refractivity contribution in [1.82, 2.24) is 0 Å². The third-order valence-corrected chi connectivity index (χ3v) is 8.34. The number of fused-ring (bicyclic) bond motifs is 4. The van der Waals surface area contributed by atoms with Gasteiger partial charge in [0.25, 0.3) is 0 Å². The summed E-state index contributed by atoms with van der Waals surface area (Å²) in [4.78, 5) is 0. The van der Waals surface area contributed by atoms with Crippen molar-refractivity contribution < 1.29 is 10.2 Å². The third-order valence-electron chi connectivity index (χ3n) is 8.34. The van der Waals surface area contributed by atoms with E-state index in [1.165, 1.54) is 0 Å². The number of hydrogen-bond donors (Lipinski definition) is 2. The van der Waals surface area contributed by atoms with E-state index in [-0.39, 0.29) is 22.7 Å². The molecule has 0 aromatic carbocycles. The minimum absolute atomic E-state index is 0.206. The normalized spacial score (nSPS) is 53.5. The van der Waals surface area contributed by atoms with Crippen molar-refractivity contribution in [1.29, 1.82) is 0 Å². The predicted octanol–water partition coefficient (Wildman–Crippen LogP) is 3.36. The van der Waals surface area contributed by atoms with Crippen LogP contribution in [0.1, 0.15) is 66.2 Å². The highest BCUT2D eigenvalue weighted by molar-refractivity contribution is 5.31.